The van der Waals surface area contributed by atoms with Crippen LogP contribution in [0.4, 0.5) is 10.3 Å². The molecule has 0 N–H and O–H groups in total. The Morgan fingerprint density at radius 1 is 0.906 bits per heavy atom. The van der Waals surface area contributed by atoms with Crippen molar-refractivity contribution in [2.75, 3.05) is 44.2 Å². The summed E-state index contributed by atoms with van der Waals surface area (Å²) in [5, 5.41) is 0. The van der Waals surface area contributed by atoms with E-state index in [-0.39, 0.29) is 17.3 Å². The summed E-state index contributed by atoms with van der Waals surface area (Å²) in [4.78, 5) is 13.9. The van der Waals surface area contributed by atoms with E-state index in [4.69, 9.17) is 0 Å². The zero-order chi connectivity index (χ0) is 22.2. The van der Waals surface area contributed by atoms with E-state index in [0.717, 1.165) is 49.3 Å². The SMILES string of the molecule is Cc1cc(C)nc(N2CCC(N3CCN(S(=O)(=O)c4cc(F)ccc4C)CC3)CC2)n1.Cl. The van der Waals surface area contributed by atoms with Gasteiger partial charge in [-0.1, -0.05) is 6.07 Å². The van der Waals surface area contributed by atoms with Crippen LogP contribution in [0.15, 0.2) is 29.2 Å². The Balaban J connectivity index is 0.00000289. The summed E-state index contributed by atoms with van der Waals surface area (Å²) in [6.45, 7) is 9.72. The van der Waals surface area contributed by atoms with E-state index in [9.17, 15) is 12.8 Å². The number of benzene rings is 1. The Hall–Kier alpha value is -1.81. The van der Waals surface area contributed by atoms with E-state index < -0.39 is 15.8 Å². The van der Waals surface area contributed by atoms with Crippen LogP contribution in [0.5, 0.6) is 0 Å². The van der Waals surface area contributed by atoms with Gasteiger partial charge in [-0.25, -0.2) is 22.8 Å². The van der Waals surface area contributed by atoms with Crippen LogP contribution < -0.4 is 4.90 Å². The number of nitrogens with zero attached hydrogens (tertiary/aromatic N) is 5. The third kappa shape index (κ3) is 5.22. The van der Waals surface area contributed by atoms with Crippen molar-refractivity contribution in [2.45, 2.75) is 44.6 Å². The van der Waals surface area contributed by atoms with Crippen LogP contribution in [0.3, 0.4) is 0 Å². The fourth-order valence-electron chi connectivity index (χ4n) is 4.58. The minimum atomic E-state index is -3.68. The molecule has 0 unspecified atom stereocenters. The van der Waals surface area contributed by atoms with Crippen molar-refractivity contribution in [3.63, 3.8) is 0 Å². The molecule has 0 bridgehead atoms. The molecule has 0 radical (unpaired) electrons. The second kappa shape index (κ2) is 9.99. The number of aromatic nitrogens is 2. The molecule has 10 heteroatoms. The van der Waals surface area contributed by atoms with Crippen LogP contribution in [0, 0.1) is 26.6 Å². The van der Waals surface area contributed by atoms with Crippen molar-refractivity contribution in [2.24, 2.45) is 0 Å². The number of piperidine rings is 1. The highest BCUT2D eigenvalue weighted by Crippen LogP contribution is 2.25. The highest BCUT2D eigenvalue weighted by molar-refractivity contribution is 7.89. The first-order valence-electron chi connectivity index (χ1n) is 10.8. The Morgan fingerprint density at radius 2 is 1.50 bits per heavy atom. The standard InChI is InChI=1S/C22H30FN5O2S.ClH/c1-16-4-5-19(23)15-21(16)31(29,30)28-12-10-26(11-13-28)20-6-8-27(9-7-20)22-24-17(2)14-18(3)25-22;/h4-5,14-15,20H,6-13H2,1-3H3;1H. The van der Waals surface area contributed by atoms with E-state index in [1.54, 1.807) is 6.92 Å². The van der Waals surface area contributed by atoms with Gasteiger partial charge in [0.1, 0.15) is 5.82 Å². The summed E-state index contributed by atoms with van der Waals surface area (Å²) in [5.41, 5.74) is 2.54. The number of halogens is 2. The first-order chi connectivity index (χ1) is 14.7. The summed E-state index contributed by atoms with van der Waals surface area (Å²) in [6, 6.07) is 6.35. The molecule has 4 rings (SSSR count). The molecule has 0 atom stereocenters. The molecular formula is C22H31ClFN5O2S. The van der Waals surface area contributed by atoms with Crippen molar-refractivity contribution in [3.05, 3.63) is 47.0 Å². The van der Waals surface area contributed by atoms with Crippen LogP contribution in [-0.4, -0.2) is 72.9 Å². The number of hydrogen-bond acceptors (Lipinski definition) is 6. The highest BCUT2D eigenvalue weighted by atomic mass is 35.5. The zero-order valence-corrected chi connectivity index (χ0v) is 20.4. The van der Waals surface area contributed by atoms with E-state index in [1.807, 2.05) is 19.9 Å². The number of rotatable bonds is 4. The summed E-state index contributed by atoms with van der Waals surface area (Å²) >= 11 is 0. The summed E-state index contributed by atoms with van der Waals surface area (Å²) in [5.74, 6) is 0.277. The average Bonchev–Trinajstić information content (AvgIpc) is 2.75. The lowest BCUT2D eigenvalue weighted by molar-refractivity contribution is 0.119. The fraction of sp³-hybridized carbons (Fsp3) is 0.545. The van der Waals surface area contributed by atoms with Crippen molar-refractivity contribution in [1.29, 1.82) is 0 Å². The molecule has 2 aromatic rings. The number of anilines is 1. The number of piperazine rings is 1. The molecule has 2 saturated heterocycles. The summed E-state index contributed by atoms with van der Waals surface area (Å²) in [7, 11) is -3.68. The molecule has 1 aromatic heterocycles. The van der Waals surface area contributed by atoms with Crippen molar-refractivity contribution in [3.8, 4) is 0 Å². The highest BCUT2D eigenvalue weighted by Gasteiger charge is 2.33. The average molecular weight is 484 g/mol. The van der Waals surface area contributed by atoms with Crippen LogP contribution in [0.1, 0.15) is 29.8 Å². The lowest BCUT2D eigenvalue weighted by Gasteiger charge is -2.42. The Bertz CT molecular complexity index is 1030. The maximum Gasteiger partial charge on any atom is 0.243 e. The first kappa shape index (κ1) is 24.8. The number of aryl methyl sites for hydroxylation is 3. The van der Waals surface area contributed by atoms with E-state index in [1.165, 1.54) is 16.4 Å². The molecular weight excluding hydrogens is 453 g/mol. The lowest BCUT2D eigenvalue weighted by Crippen LogP contribution is -2.54. The van der Waals surface area contributed by atoms with Gasteiger partial charge in [-0.3, -0.25) is 4.90 Å². The van der Waals surface area contributed by atoms with Crippen LogP contribution in [0.2, 0.25) is 0 Å². The molecule has 0 aliphatic carbocycles. The van der Waals surface area contributed by atoms with Gasteiger partial charge in [-0.05, 0) is 57.4 Å². The third-order valence-corrected chi connectivity index (χ3v) is 8.32. The number of hydrogen-bond donors (Lipinski definition) is 0. The molecule has 2 aliphatic heterocycles. The van der Waals surface area contributed by atoms with E-state index in [0.29, 0.717) is 37.8 Å². The predicted molar refractivity (Wildman–Crippen MR) is 125 cm³/mol. The second-order valence-electron chi connectivity index (χ2n) is 8.52. The molecule has 1 aromatic carbocycles. The first-order valence-corrected chi connectivity index (χ1v) is 12.3. The monoisotopic (exact) mass is 483 g/mol. The summed E-state index contributed by atoms with van der Waals surface area (Å²) < 4.78 is 41.2. The molecule has 2 fully saturated rings. The maximum atomic E-state index is 13.6. The Kier molecular flexibility index (Phi) is 7.75. The van der Waals surface area contributed by atoms with E-state index >= 15 is 0 Å². The van der Waals surface area contributed by atoms with Crippen molar-refractivity contribution >= 4 is 28.4 Å². The minimum Gasteiger partial charge on any atom is -0.341 e. The molecule has 7 nitrogen and oxygen atoms in total. The number of sulfonamides is 1. The van der Waals surface area contributed by atoms with Gasteiger partial charge in [0.05, 0.1) is 4.90 Å². The second-order valence-corrected chi connectivity index (χ2v) is 10.4. The normalized spacial score (nSPS) is 19.1. The summed E-state index contributed by atoms with van der Waals surface area (Å²) in [6.07, 6.45) is 2.01. The lowest BCUT2D eigenvalue weighted by atomic mass is 10.0. The molecule has 2 aliphatic rings. The largest absolute Gasteiger partial charge is 0.341 e. The zero-order valence-electron chi connectivity index (χ0n) is 18.8. The van der Waals surface area contributed by atoms with Crippen LogP contribution >= 0.6 is 12.4 Å². The molecule has 0 spiro atoms. The van der Waals surface area contributed by atoms with E-state index in [2.05, 4.69) is 19.8 Å². The molecule has 3 heterocycles. The molecule has 176 valence electrons. The van der Waals surface area contributed by atoms with Gasteiger partial charge in [0.25, 0.3) is 0 Å². The van der Waals surface area contributed by atoms with Gasteiger partial charge >= 0.3 is 0 Å². The van der Waals surface area contributed by atoms with Gasteiger partial charge in [-0.2, -0.15) is 4.31 Å². The smallest absolute Gasteiger partial charge is 0.243 e. The molecule has 0 saturated carbocycles. The molecule has 0 amide bonds. The van der Waals surface area contributed by atoms with Crippen molar-refractivity contribution < 1.29 is 12.8 Å². The van der Waals surface area contributed by atoms with Gasteiger partial charge < -0.3 is 4.90 Å². The topological polar surface area (TPSA) is 69.6 Å². The quantitative estimate of drug-likeness (QED) is 0.666. The van der Waals surface area contributed by atoms with Gasteiger partial charge in [0, 0.05) is 56.7 Å². The Labute approximate surface area is 196 Å². The van der Waals surface area contributed by atoms with Gasteiger partial charge in [0.2, 0.25) is 16.0 Å². The molecule has 32 heavy (non-hydrogen) atoms. The maximum absolute atomic E-state index is 13.6. The van der Waals surface area contributed by atoms with Crippen LogP contribution in [-0.2, 0) is 10.0 Å². The Morgan fingerprint density at radius 3 is 2.09 bits per heavy atom. The third-order valence-electron chi connectivity index (χ3n) is 6.28. The fourth-order valence-corrected chi connectivity index (χ4v) is 6.24. The minimum absolute atomic E-state index is 0. The van der Waals surface area contributed by atoms with Gasteiger partial charge in [0.15, 0.2) is 0 Å². The van der Waals surface area contributed by atoms with Crippen LogP contribution in [0.25, 0.3) is 0 Å². The predicted octanol–water partition coefficient (Wildman–Crippen LogP) is 2.94. The van der Waals surface area contributed by atoms with Crippen molar-refractivity contribution in [1.82, 2.24) is 19.2 Å². The van der Waals surface area contributed by atoms with Gasteiger partial charge in [-0.15, -0.1) is 12.4 Å².